The molecule has 5 heteroatoms. The van der Waals surface area contributed by atoms with E-state index in [1.807, 2.05) is 17.8 Å². The Balaban J connectivity index is 1.93. The molecule has 0 fully saturated rings. The maximum atomic E-state index is 4.98. The lowest BCUT2D eigenvalue weighted by atomic mass is 10.2. The van der Waals surface area contributed by atoms with E-state index < -0.39 is 0 Å². The Morgan fingerprint density at radius 3 is 3.00 bits per heavy atom. The molecular formula is C8H9N3OS. The Labute approximate surface area is 79.6 Å². The highest BCUT2D eigenvalue weighted by Gasteiger charge is 2.03. The number of hydrogen-bond donors (Lipinski definition) is 0. The third-order valence-electron chi connectivity index (χ3n) is 1.65. The van der Waals surface area contributed by atoms with Crippen LogP contribution in [0.2, 0.25) is 0 Å². The fraction of sp³-hybridized carbons (Fsp3) is 0.375. The standard InChI is InChI=1S/C8H9N3OS/c1-6-10-8(12-11-6)3-2-7-4-13-5-9-7/h4-5H,2-3H2,1H3. The second-order valence-corrected chi connectivity index (χ2v) is 3.43. The van der Waals surface area contributed by atoms with E-state index in [9.17, 15) is 0 Å². The third kappa shape index (κ3) is 2.12. The van der Waals surface area contributed by atoms with Crippen LogP contribution in [0.1, 0.15) is 17.4 Å². The lowest BCUT2D eigenvalue weighted by molar-refractivity contribution is 0.374. The van der Waals surface area contributed by atoms with Gasteiger partial charge >= 0.3 is 0 Å². The molecule has 0 aliphatic rings. The zero-order valence-corrected chi connectivity index (χ0v) is 8.04. The van der Waals surface area contributed by atoms with Gasteiger partial charge in [-0.05, 0) is 13.3 Å². The molecule has 0 saturated carbocycles. The van der Waals surface area contributed by atoms with Crippen molar-refractivity contribution in [3.8, 4) is 0 Å². The average Bonchev–Trinajstić information content (AvgIpc) is 2.71. The molecule has 0 saturated heterocycles. The van der Waals surface area contributed by atoms with Gasteiger partial charge in [-0.3, -0.25) is 0 Å². The van der Waals surface area contributed by atoms with Crippen molar-refractivity contribution in [3.63, 3.8) is 0 Å². The van der Waals surface area contributed by atoms with Gasteiger partial charge in [0, 0.05) is 11.8 Å². The summed E-state index contributed by atoms with van der Waals surface area (Å²) in [6.07, 6.45) is 1.63. The average molecular weight is 195 g/mol. The molecule has 0 spiro atoms. The minimum absolute atomic E-state index is 0.686. The Bertz CT molecular complexity index is 368. The quantitative estimate of drug-likeness (QED) is 0.746. The van der Waals surface area contributed by atoms with E-state index in [1.54, 1.807) is 11.3 Å². The van der Waals surface area contributed by atoms with Crippen LogP contribution in [-0.4, -0.2) is 15.1 Å². The van der Waals surface area contributed by atoms with Crippen LogP contribution in [-0.2, 0) is 12.8 Å². The van der Waals surface area contributed by atoms with Crippen LogP contribution < -0.4 is 0 Å². The molecule has 0 aliphatic carbocycles. The van der Waals surface area contributed by atoms with E-state index in [2.05, 4.69) is 15.1 Å². The Morgan fingerprint density at radius 1 is 1.46 bits per heavy atom. The summed E-state index contributed by atoms with van der Waals surface area (Å²) in [5.74, 6) is 1.37. The second-order valence-electron chi connectivity index (χ2n) is 2.72. The number of hydrogen-bond acceptors (Lipinski definition) is 5. The smallest absolute Gasteiger partial charge is 0.227 e. The Hall–Kier alpha value is -1.23. The monoisotopic (exact) mass is 195 g/mol. The minimum Gasteiger partial charge on any atom is -0.339 e. The van der Waals surface area contributed by atoms with E-state index in [4.69, 9.17) is 4.52 Å². The van der Waals surface area contributed by atoms with Crippen molar-refractivity contribution in [2.75, 3.05) is 0 Å². The number of aromatic nitrogens is 3. The van der Waals surface area contributed by atoms with Crippen molar-refractivity contribution >= 4 is 11.3 Å². The van der Waals surface area contributed by atoms with Crippen molar-refractivity contribution in [1.29, 1.82) is 0 Å². The summed E-state index contributed by atoms with van der Waals surface area (Å²) in [6.45, 7) is 1.82. The molecule has 2 aromatic rings. The minimum atomic E-state index is 0.686. The second kappa shape index (κ2) is 3.66. The first-order chi connectivity index (χ1) is 6.34. The third-order valence-corrected chi connectivity index (χ3v) is 2.28. The van der Waals surface area contributed by atoms with Gasteiger partial charge in [-0.25, -0.2) is 4.98 Å². The molecule has 4 nitrogen and oxygen atoms in total. The summed E-state index contributed by atoms with van der Waals surface area (Å²) in [7, 11) is 0. The van der Waals surface area contributed by atoms with Crippen LogP contribution in [0.4, 0.5) is 0 Å². The Morgan fingerprint density at radius 2 is 2.38 bits per heavy atom. The molecule has 0 amide bonds. The molecule has 68 valence electrons. The molecule has 0 unspecified atom stereocenters. The molecular weight excluding hydrogens is 186 g/mol. The van der Waals surface area contributed by atoms with Crippen molar-refractivity contribution in [2.24, 2.45) is 0 Å². The van der Waals surface area contributed by atoms with E-state index in [1.165, 1.54) is 0 Å². The van der Waals surface area contributed by atoms with Gasteiger partial charge in [-0.15, -0.1) is 11.3 Å². The van der Waals surface area contributed by atoms with Crippen LogP contribution in [0.15, 0.2) is 15.4 Å². The molecule has 2 heterocycles. The lowest BCUT2D eigenvalue weighted by Crippen LogP contribution is -1.91. The molecule has 13 heavy (non-hydrogen) atoms. The largest absolute Gasteiger partial charge is 0.339 e. The van der Waals surface area contributed by atoms with Gasteiger partial charge in [0.15, 0.2) is 5.82 Å². The van der Waals surface area contributed by atoms with E-state index in [0.29, 0.717) is 11.7 Å². The summed E-state index contributed by atoms with van der Waals surface area (Å²) in [5.41, 5.74) is 2.91. The van der Waals surface area contributed by atoms with Crippen LogP contribution in [0, 0.1) is 6.92 Å². The van der Waals surface area contributed by atoms with Crippen molar-refractivity contribution in [3.05, 3.63) is 28.3 Å². The number of nitrogens with zero attached hydrogens (tertiary/aromatic N) is 3. The summed E-state index contributed by atoms with van der Waals surface area (Å²) < 4.78 is 4.98. The molecule has 0 aromatic carbocycles. The predicted molar refractivity (Wildman–Crippen MR) is 48.6 cm³/mol. The van der Waals surface area contributed by atoms with Gasteiger partial charge in [-0.2, -0.15) is 4.98 Å². The van der Waals surface area contributed by atoms with Crippen molar-refractivity contribution in [2.45, 2.75) is 19.8 Å². The highest BCUT2D eigenvalue weighted by molar-refractivity contribution is 7.07. The molecule has 0 bridgehead atoms. The zero-order chi connectivity index (χ0) is 9.10. The van der Waals surface area contributed by atoms with Gasteiger partial charge in [-0.1, -0.05) is 5.16 Å². The summed E-state index contributed by atoms with van der Waals surface area (Å²) >= 11 is 1.60. The molecule has 2 aromatic heterocycles. The van der Waals surface area contributed by atoms with Crippen molar-refractivity contribution in [1.82, 2.24) is 15.1 Å². The van der Waals surface area contributed by atoms with E-state index in [-0.39, 0.29) is 0 Å². The van der Waals surface area contributed by atoms with Crippen LogP contribution in [0.25, 0.3) is 0 Å². The highest BCUT2D eigenvalue weighted by Crippen LogP contribution is 2.05. The van der Waals surface area contributed by atoms with Gasteiger partial charge in [0.1, 0.15) is 0 Å². The van der Waals surface area contributed by atoms with Gasteiger partial charge in [0.2, 0.25) is 5.89 Å². The van der Waals surface area contributed by atoms with E-state index >= 15 is 0 Å². The highest BCUT2D eigenvalue weighted by atomic mass is 32.1. The number of aryl methyl sites for hydroxylation is 3. The molecule has 0 radical (unpaired) electrons. The first-order valence-electron chi connectivity index (χ1n) is 4.01. The SMILES string of the molecule is Cc1noc(CCc2cscn2)n1. The maximum Gasteiger partial charge on any atom is 0.227 e. The molecule has 2 rings (SSSR count). The Kier molecular flexibility index (Phi) is 2.35. The van der Waals surface area contributed by atoms with Crippen LogP contribution >= 0.6 is 11.3 Å². The van der Waals surface area contributed by atoms with Crippen LogP contribution in [0.5, 0.6) is 0 Å². The summed E-state index contributed by atoms with van der Waals surface area (Å²) in [4.78, 5) is 8.27. The number of thiazole rings is 1. The van der Waals surface area contributed by atoms with Gasteiger partial charge in [0.25, 0.3) is 0 Å². The van der Waals surface area contributed by atoms with Crippen molar-refractivity contribution < 1.29 is 4.52 Å². The fourth-order valence-corrected chi connectivity index (χ4v) is 1.63. The predicted octanol–water partition coefficient (Wildman–Crippen LogP) is 1.62. The topological polar surface area (TPSA) is 51.8 Å². The summed E-state index contributed by atoms with van der Waals surface area (Å²) in [6, 6.07) is 0. The number of rotatable bonds is 3. The van der Waals surface area contributed by atoms with Gasteiger partial charge < -0.3 is 4.52 Å². The molecule has 0 N–H and O–H groups in total. The normalized spacial score (nSPS) is 10.5. The zero-order valence-electron chi connectivity index (χ0n) is 7.23. The lowest BCUT2D eigenvalue weighted by Gasteiger charge is -1.89. The van der Waals surface area contributed by atoms with E-state index in [0.717, 1.165) is 18.5 Å². The molecule has 0 aliphatic heterocycles. The first kappa shape index (κ1) is 8.37. The maximum absolute atomic E-state index is 4.98. The van der Waals surface area contributed by atoms with Gasteiger partial charge in [0.05, 0.1) is 11.2 Å². The summed E-state index contributed by atoms with van der Waals surface area (Å²) in [5, 5.41) is 5.74. The molecule has 0 atom stereocenters. The van der Waals surface area contributed by atoms with Crippen LogP contribution in [0.3, 0.4) is 0 Å². The fourth-order valence-electron chi connectivity index (χ4n) is 1.04. The first-order valence-corrected chi connectivity index (χ1v) is 4.95.